The van der Waals surface area contributed by atoms with Crippen LogP contribution in [0.25, 0.3) is 0 Å². The van der Waals surface area contributed by atoms with Crippen LogP contribution in [-0.2, 0) is 9.59 Å². The normalized spacial score (nSPS) is 24.0. The number of piperidine rings is 1. The Kier molecular flexibility index (Phi) is 4.82. The largest absolute Gasteiger partial charge is 0.368 e. The van der Waals surface area contributed by atoms with E-state index in [4.69, 9.17) is 5.73 Å². The van der Waals surface area contributed by atoms with Gasteiger partial charge < -0.3 is 10.6 Å². The summed E-state index contributed by atoms with van der Waals surface area (Å²) in [5, 5.41) is 0. The molecule has 0 bridgehead atoms. The fourth-order valence-electron chi connectivity index (χ4n) is 1.94. The molecule has 1 saturated heterocycles. The fourth-order valence-corrected chi connectivity index (χ4v) is 2.66. The first-order chi connectivity index (χ1) is 7.10. The SMILES string of the molecule is CCC(C(N)=O)N1CC(CI)CCC1=O. The molecule has 0 aromatic carbocycles. The number of hydrogen-bond donors (Lipinski definition) is 1. The van der Waals surface area contributed by atoms with Gasteiger partial charge in [-0.3, -0.25) is 9.59 Å². The highest BCUT2D eigenvalue weighted by Gasteiger charge is 2.32. The van der Waals surface area contributed by atoms with Crippen molar-refractivity contribution < 1.29 is 9.59 Å². The van der Waals surface area contributed by atoms with Crippen LogP contribution in [-0.4, -0.2) is 33.7 Å². The van der Waals surface area contributed by atoms with Crippen molar-refractivity contribution in [3.63, 3.8) is 0 Å². The Balaban J connectivity index is 2.71. The van der Waals surface area contributed by atoms with Crippen LogP contribution < -0.4 is 5.73 Å². The molecule has 0 saturated carbocycles. The van der Waals surface area contributed by atoms with Crippen molar-refractivity contribution in [3.05, 3.63) is 0 Å². The fraction of sp³-hybridized carbons (Fsp3) is 0.800. The van der Waals surface area contributed by atoms with Gasteiger partial charge in [-0.15, -0.1) is 0 Å². The van der Waals surface area contributed by atoms with Gasteiger partial charge in [-0.2, -0.15) is 0 Å². The Hall–Kier alpha value is -0.330. The number of amides is 2. The van der Waals surface area contributed by atoms with Crippen molar-refractivity contribution in [1.82, 2.24) is 4.90 Å². The molecule has 1 fully saturated rings. The summed E-state index contributed by atoms with van der Waals surface area (Å²) in [6.45, 7) is 2.57. The molecule has 0 radical (unpaired) electrons. The molecular weight excluding hydrogens is 307 g/mol. The van der Waals surface area contributed by atoms with E-state index in [2.05, 4.69) is 22.6 Å². The summed E-state index contributed by atoms with van der Waals surface area (Å²) >= 11 is 2.32. The minimum atomic E-state index is -0.414. The van der Waals surface area contributed by atoms with Crippen LogP contribution in [0.4, 0.5) is 0 Å². The van der Waals surface area contributed by atoms with Crippen LogP contribution in [0.2, 0.25) is 0 Å². The van der Waals surface area contributed by atoms with Crippen molar-refractivity contribution in [3.8, 4) is 0 Å². The number of halogens is 1. The molecule has 15 heavy (non-hydrogen) atoms. The molecule has 0 aromatic rings. The summed E-state index contributed by atoms with van der Waals surface area (Å²) < 4.78 is 1.02. The lowest BCUT2D eigenvalue weighted by molar-refractivity contribution is -0.142. The van der Waals surface area contributed by atoms with Gasteiger partial charge in [0.25, 0.3) is 0 Å². The van der Waals surface area contributed by atoms with Gasteiger partial charge in [0.05, 0.1) is 0 Å². The van der Waals surface area contributed by atoms with E-state index in [1.165, 1.54) is 0 Å². The Morgan fingerprint density at radius 3 is 2.87 bits per heavy atom. The first kappa shape index (κ1) is 12.7. The van der Waals surface area contributed by atoms with Gasteiger partial charge in [-0.05, 0) is 18.8 Å². The second-order valence-corrected chi connectivity index (χ2v) is 4.81. The molecule has 5 heteroatoms. The number of nitrogens with two attached hydrogens (primary N) is 1. The predicted octanol–water partition coefficient (Wildman–Crippen LogP) is 0.924. The summed E-state index contributed by atoms with van der Waals surface area (Å²) in [5.41, 5.74) is 5.29. The zero-order chi connectivity index (χ0) is 11.4. The first-order valence-electron chi connectivity index (χ1n) is 5.24. The highest BCUT2D eigenvalue weighted by molar-refractivity contribution is 14.1. The van der Waals surface area contributed by atoms with Gasteiger partial charge in [0.15, 0.2) is 0 Å². The van der Waals surface area contributed by atoms with Crippen LogP contribution in [0.3, 0.4) is 0 Å². The number of carbonyl (C=O) groups is 2. The van der Waals surface area contributed by atoms with E-state index in [-0.39, 0.29) is 11.8 Å². The first-order valence-corrected chi connectivity index (χ1v) is 6.77. The van der Waals surface area contributed by atoms with Crippen LogP contribution >= 0.6 is 22.6 Å². The Morgan fingerprint density at radius 2 is 2.40 bits per heavy atom. The van der Waals surface area contributed by atoms with E-state index in [0.717, 1.165) is 10.8 Å². The monoisotopic (exact) mass is 324 g/mol. The van der Waals surface area contributed by atoms with E-state index in [1.807, 2.05) is 6.92 Å². The topological polar surface area (TPSA) is 63.4 Å². The molecule has 2 atom stereocenters. The standard InChI is InChI=1S/C10H17IN2O2/c1-2-8(10(12)15)13-6-7(5-11)3-4-9(13)14/h7-8H,2-6H2,1H3,(H2,12,15). The second kappa shape index (κ2) is 5.67. The zero-order valence-corrected chi connectivity index (χ0v) is 11.1. The maximum atomic E-state index is 11.7. The third-order valence-electron chi connectivity index (χ3n) is 2.85. The molecule has 0 spiro atoms. The lowest BCUT2D eigenvalue weighted by Crippen LogP contribution is -2.51. The number of nitrogens with zero attached hydrogens (tertiary/aromatic N) is 1. The Labute approximate surface area is 104 Å². The zero-order valence-electron chi connectivity index (χ0n) is 8.91. The summed E-state index contributed by atoms with van der Waals surface area (Å²) in [6.07, 6.45) is 2.10. The van der Waals surface area contributed by atoms with Crippen molar-refractivity contribution in [1.29, 1.82) is 0 Å². The maximum absolute atomic E-state index is 11.7. The van der Waals surface area contributed by atoms with Gasteiger partial charge in [0.1, 0.15) is 6.04 Å². The molecule has 1 rings (SSSR count). The minimum absolute atomic E-state index is 0.0711. The van der Waals surface area contributed by atoms with E-state index in [0.29, 0.717) is 25.3 Å². The molecule has 0 aliphatic carbocycles. The molecule has 1 aliphatic heterocycles. The summed E-state index contributed by atoms with van der Waals surface area (Å²) in [4.78, 5) is 24.5. The van der Waals surface area contributed by atoms with Crippen LogP contribution in [0.5, 0.6) is 0 Å². The average molecular weight is 324 g/mol. The predicted molar refractivity (Wildman–Crippen MR) is 66.6 cm³/mol. The number of alkyl halides is 1. The summed E-state index contributed by atoms with van der Waals surface area (Å²) in [5.74, 6) is 0.193. The number of primary amides is 1. The van der Waals surface area contributed by atoms with Crippen molar-refractivity contribution >= 4 is 34.4 Å². The summed E-state index contributed by atoms with van der Waals surface area (Å²) in [6, 6.07) is -0.414. The molecule has 1 aliphatic rings. The number of rotatable bonds is 4. The lowest BCUT2D eigenvalue weighted by Gasteiger charge is -2.36. The van der Waals surface area contributed by atoms with Crippen LogP contribution in [0.1, 0.15) is 26.2 Å². The van der Waals surface area contributed by atoms with E-state index < -0.39 is 6.04 Å². The second-order valence-electron chi connectivity index (χ2n) is 3.93. The van der Waals surface area contributed by atoms with Gasteiger partial charge >= 0.3 is 0 Å². The smallest absolute Gasteiger partial charge is 0.240 e. The molecule has 1 heterocycles. The van der Waals surface area contributed by atoms with Gasteiger partial charge in [-0.25, -0.2) is 0 Å². The average Bonchev–Trinajstić information content (AvgIpc) is 2.21. The van der Waals surface area contributed by atoms with Gasteiger partial charge in [0.2, 0.25) is 11.8 Å². The third kappa shape index (κ3) is 3.06. The molecule has 2 N–H and O–H groups in total. The molecule has 86 valence electrons. The Morgan fingerprint density at radius 1 is 1.73 bits per heavy atom. The van der Waals surface area contributed by atoms with E-state index >= 15 is 0 Å². The molecule has 4 nitrogen and oxygen atoms in total. The van der Waals surface area contributed by atoms with Gasteiger partial charge in [-0.1, -0.05) is 29.5 Å². The lowest BCUT2D eigenvalue weighted by atomic mass is 9.97. The Bertz CT molecular complexity index is 258. The van der Waals surface area contributed by atoms with Crippen LogP contribution in [0.15, 0.2) is 0 Å². The van der Waals surface area contributed by atoms with Crippen LogP contribution in [0, 0.1) is 5.92 Å². The van der Waals surface area contributed by atoms with E-state index in [9.17, 15) is 9.59 Å². The van der Waals surface area contributed by atoms with E-state index in [1.54, 1.807) is 4.90 Å². The number of likely N-dealkylation sites (tertiary alicyclic amines) is 1. The van der Waals surface area contributed by atoms with Crippen molar-refractivity contribution in [2.24, 2.45) is 11.7 Å². The number of carbonyl (C=O) groups excluding carboxylic acids is 2. The van der Waals surface area contributed by atoms with Crippen molar-refractivity contribution in [2.75, 3.05) is 11.0 Å². The molecule has 2 unspecified atom stereocenters. The number of hydrogen-bond acceptors (Lipinski definition) is 2. The molecule has 0 aromatic heterocycles. The quantitative estimate of drug-likeness (QED) is 0.617. The highest BCUT2D eigenvalue weighted by Crippen LogP contribution is 2.22. The summed E-state index contributed by atoms with van der Waals surface area (Å²) in [7, 11) is 0. The maximum Gasteiger partial charge on any atom is 0.240 e. The minimum Gasteiger partial charge on any atom is -0.368 e. The van der Waals surface area contributed by atoms with Gasteiger partial charge in [0, 0.05) is 17.4 Å². The van der Waals surface area contributed by atoms with Crippen molar-refractivity contribution in [2.45, 2.75) is 32.2 Å². The molecular formula is C10H17IN2O2. The third-order valence-corrected chi connectivity index (χ3v) is 4.10. The molecule has 2 amide bonds. The highest BCUT2D eigenvalue weighted by atomic mass is 127.